The van der Waals surface area contributed by atoms with Gasteiger partial charge in [0.25, 0.3) is 0 Å². The van der Waals surface area contributed by atoms with Crippen molar-refractivity contribution in [3.63, 3.8) is 0 Å². The fraction of sp³-hybridized carbons (Fsp3) is 0. The van der Waals surface area contributed by atoms with Crippen molar-refractivity contribution in [1.29, 1.82) is 0 Å². The zero-order valence-corrected chi connectivity index (χ0v) is 6.14. The third kappa shape index (κ3) is 1.03. The number of para-hydroxylation sites is 1. The van der Waals surface area contributed by atoms with Crippen LogP contribution < -0.4 is 5.23 Å². The number of hydrogen-bond donors (Lipinski definition) is 2. The van der Waals surface area contributed by atoms with E-state index in [1.165, 1.54) is 6.07 Å². The Morgan fingerprint density at radius 2 is 1.92 bits per heavy atom. The average molecular weight is 165 g/mol. The predicted octanol–water partition coefficient (Wildman–Crippen LogP) is 2.02. The molecule has 2 N–H and O–H groups in total. The molecule has 2 aromatic rings. The second kappa shape index (κ2) is 2.51. The minimum atomic E-state index is -0.0417. The number of hydrogen-bond acceptors (Lipinski definition) is 4. The predicted molar refractivity (Wildman–Crippen MR) is 42.3 cm³/mol. The quantitative estimate of drug-likeness (QED) is 0.634. The van der Waals surface area contributed by atoms with E-state index in [-0.39, 0.29) is 11.1 Å². The Hall–Kier alpha value is -1.52. The zero-order chi connectivity index (χ0) is 8.55. The van der Waals surface area contributed by atoms with Gasteiger partial charge in [0, 0.05) is 11.5 Å². The molecule has 4 heteroatoms. The lowest BCUT2D eigenvalue weighted by Gasteiger charge is -1.99. The highest BCUT2D eigenvalue weighted by molar-refractivity contribution is 5.80. The SMILES string of the molecule is ON(O)c1cc2ccccc2o1. The van der Waals surface area contributed by atoms with Gasteiger partial charge in [0.2, 0.25) is 5.88 Å². The van der Waals surface area contributed by atoms with Crippen LogP contribution in [0.25, 0.3) is 11.0 Å². The third-order valence-corrected chi connectivity index (χ3v) is 1.61. The van der Waals surface area contributed by atoms with Crippen molar-refractivity contribution in [2.75, 3.05) is 5.23 Å². The molecule has 0 spiro atoms. The van der Waals surface area contributed by atoms with Crippen molar-refractivity contribution in [3.05, 3.63) is 30.3 Å². The van der Waals surface area contributed by atoms with Crippen LogP contribution in [0.2, 0.25) is 0 Å². The Morgan fingerprint density at radius 3 is 2.58 bits per heavy atom. The van der Waals surface area contributed by atoms with Crippen LogP contribution in [-0.2, 0) is 0 Å². The maximum absolute atomic E-state index is 8.62. The first-order valence-electron chi connectivity index (χ1n) is 3.44. The molecule has 0 atom stereocenters. The molecule has 0 aliphatic heterocycles. The van der Waals surface area contributed by atoms with Gasteiger partial charge in [-0.25, -0.2) is 0 Å². The summed E-state index contributed by atoms with van der Waals surface area (Å²) in [5.41, 5.74) is 0.626. The second-order valence-electron chi connectivity index (χ2n) is 2.41. The summed E-state index contributed by atoms with van der Waals surface area (Å²) in [5.74, 6) is 0.0104. The summed E-state index contributed by atoms with van der Waals surface area (Å²) >= 11 is 0. The van der Waals surface area contributed by atoms with Crippen LogP contribution in [0.15, 0.2) is 34.7 Å². The van der Waals surface area contributed by atoms with Gasteiger partial charge in [-0.15, -0.1) is 0 Å². The van der Waals surface area contributed by atoms with Crippen LogP contribution in [0.1, 0.15) is 0 Å². The zero-order valence-electron chi connectivity index (χ0n) is 6.14. The van der Waals surface area contributed by atoms with Gasteiger partial charge in [0.05, 0.1) is 0 Å². The Labute approximate surface area is 68.2 Å². The maximum atomic E-state index is 8.62. The fourth-order valence-corrected chi connectivity index (χ4v) is 1.07. The molecule has 62 valence electrons. The first-order valence-corrected chi connectivity index (χ1v) is 3.44. The molecule has 0 saturated heterocycles. The van der Waals surface area contributed by atoms with Crippen molar-refractivity contribution in [3.8, 4) is 0 Å². The fourth-order valence-electron chi connectivity index (χ4n) is 1.07. The first kappa shape index (κ1) is 7.15. The van der Waals surface area contributed by atoms with Gasteiger partial charge in [-0.1, -0.05) is 23.4 Å². The summed E-state index contributed by atoms with van der Waals surface area (Å²) in [5, 5.41) is 18.0. The molecule has 1 aromatic carbocycles. The van der Waals surface area contributed by atoms with Crippen LogP contribution in [0, 0.1) is 0 Å². The Kier molecular flexibility index (Phi) is 1.49. The molecule has 0 saturated carbocycles. The van der Waals surface area contributed by atoms with Crippen molar-refractivity contribution >= 4 is 16.9 Å². The summed E-state index contributed by atoms with van der Waals surface area (Å²) in [6.07, 6.45) is 0. The summed E-state index contributed by atoms with van der Waals surface area (Å²) in [6, 6.07) is 8.78. The lowest BCUT2D eigenvalue weighted by molar-refractivity contribution is 0.0182. The van der Waals surface area contributed by atoms with Crippen LogP contribution in [-0.4, -0.2) is 10.4 Å². The van der Waals surface area contributed by atoms with Crippen molar-refractivity contribution in [2.24, 2.45) is 0 Å². The molecule has 2 rings (SSSR count). The molecular formula is C8H7NO3. The largest absolute Gasteiger partial charge is 0.436 e. The molecule has 12 heavy (non-hydrogen) atoms. The van der Waals surface area contributed by atoms with Crippen LogP contribution in [0.3, 0.4) is 0 Å². The van der Waals surface area contributed by atoms with Crippen LogP contribution in [0.5, 0.6) is 0 Å². The van der Waals surface area contributed by atoms with E-state index in [1.54, 1.807) is 6.07 Å². The highest BCUT2D eigenvalue weighted by Crippen LogP contribution is 2.23. The van der Waals surface area contributed by atoms with Gasteiger partial charge in [-0.05, 0) is 6.07 Å². The standard InChI is InChI=1S/C8H7NO3/c10-9(11)8-5-6-3-1-2-4-7(6)12-8/h1-5,10-11H. The van der Waals surface area contributed by atoms with Crippen molar-refractivity contribution in [1.82, 2.24) is 0 Å². The molecule has 1 aromatic heterocycles. The highest BCUT2D eigenvalue weighted by atomic mass is 16.8. The first-order chi connectivity index (χ1) is 5.77. The van der Waals surface area contributed by atoms with E-state index in [0.717, 1.165) is 5.39 Å². The van der Waals surface area contributed by atoms with E-state index in [1.807, 2.05) is 18.2 Å². The summed E-state index contributed by atoms with van der Waals surface area (Å²) in [4.78, 5) is 0. The monoisotopic (exact) mass is 165 g/mol. The lowest BCUT2D eigenvalue weighted by Crippen LogP contribution is -2.09. The third-order valence-electron chi connectivity index (χ3n) is 1.61. The van der Waals surface area contributed by atoms with Gasteiger partial charge >= 0.3 is 0 Å². The number of anilines is 1. The second-order valence-corrected chi connectivity index (χ2v) is 2.41. The highest BCUT2D eigenvalue weighted by Gasteiger charge is 2.05. The normalized spacial score (nSPS) is 10.5. The number of nitrogens with zero attached hydrogens (tertiary/aromatic N) is 1. The average Bonchev–Trinajstić information content (AvgIpc) is 2.46. The van der Waals surface area contributed by atoms with Gasteiger partial charge in [0.1, 0.15) is 5.58 Å². The molecule has 0 unspecified atom stereocenters. The van der Waals surface area contributed by atoms with Gasteiger partial charge in [-0.2, -0.15) is 0 Å². The minimum absolute atomic E-state index is 0.0104. The van der Waals surface area contributed by atoms with Crippen LogP contribution in [0.4, 0.5) is 5.88 Å². The van der Waals surface area contributed by atoms with E-state index >= 15 is 0 Å². The molecule has 0 aliphatic carbocycles. The van der Waals surface area contributed by atoms with Gasteiger partial charge in [0.15, 0.2) is 0 Å². The topological polar surface area (TPSA) is 56.8 Å². The maximum Gasteiger partial charge on any atom is 0.247 e. The van der Waals surface area contributed by atoms with Gasteiger partial charge < -0.3 is 4.42 Å². The van der Waals surface area contributed by atoms with E-state index in [4.69, 9.17) is 14.8 Å². The van der Waals surface area contributed by atoms with E-state index in [2.05, 4.69) is 0 Å². The number of fused-ring (bicyclic) bond motifs is 1. The molecule has 0 bridgehead atoms. The number of benzene rings is 1. The van der Waals surface area contributed by atoms with E-state index in [0.29, 0.717) is 5.58 Å². The van der Waals surface area contributed by atoms with Gasteiger partial charge in [-0.3, -0.25) is 10.4 Å². The van der Waals surface area contributed by atoms with E-state index in [9.17, 15) is 0 Å². The molecule has 0 aliphatic rings. The summed E-state index contributed by atoms with van der Waals surface area (Å²) in [7, 11) is 0. The minimum Gasteiger partial charge on any atom is -0.436 e. The molecule has 0 radical (unpaired) electrons. The lowest BCUT2D eigenvalue weighted by atomic mass is 10.3. The molecular weight excluding hydrogens is 158 g/mol. The summed E-state index contributed by atoms with van der Waals surface area (Å²) < 4.78 is 5.06. The Balaban J connectivity index is 2.62. The molecule has 1 heterocycles. The van der Waals surface area contributed by atoms with Crippen molar-refractivity contribution < 1.29 is 14.8 Å². The smallest absolute Gasteiger partial charge is 0.247 e. The number of rotatable bonds is 1. The summed E-state index contributed by atoms with van der Waals surface area (Å²) in [6.45, 7) is 0. The van der Waals surface area contributed by atoms with E-state index < -0.39 is 0 Å². The number of furan rings is 1. The van der Waals surface area contributed by atoms with Crippen molar-refractivity contribution in [2.45, 2.75) is 0 Å². The molecule has 0 fully saturated rings. The van der Waals surface area contributed by atoms with Crippen LogP contribution >= 0.6 is 0 Å². The molecule has 4 nitrogen and oxygen atoms in total. The Bertz CT molecular complexity index is 361. The molecule has 0 amide bonds. The Morgan fingerprint density at radius 1 is 1.17 bits per heavy atom.